The number of carbonyl (C=O) groups is 1. The van der Waals surface area contributed by atoms with Gasteiger partial charge in [-0.1, -0.05) is 11.6 Å². The molecule has 0 saturated carbocycles. The van der Waals surface area contributed by atoms with Crippen molar-refractivity contribution in [3.05, 3.63) is 22.7 Å². The third kappa shape index (κ3) is 4.16. The van der Waals surface area contributed by atoms with Crippen LogP contribution >= 0.6 is 24.0 Å². The second kappa shape index (κ2) is 7.57. The zero-order valence-corrected chi connectivity index (χ0v) is 12.7. The average Bonchev–Trinajstić information content (AvgIpc) is 2.38. The van der Waals surface area contributed by atoms with Crippen molar-refractivity contribution < 1.29 is 14.3 Å². The van der Waals surface area contributed by atoms with Crippen LogP contribution in [0, 0.1) is 0 Å². The quantitative estimate of drug-likeness (QED) is 0.882. The fraction of sp³-hybridized carbons (Fsp3) is 0.462. The van der Waals surface area contributed by atoms with Crippen LogP contribution in [0.2, 0.25) is 5.02 Å². The maximum Gasteiger partial charge on any atom is 0.236 e. The summed E-state index contributed by atoms with van der Waals surface area (Å²) in [6.07, 6.45) is 0.662. The Hall–Kier alpha value is -1.17. The minimum atomic E-state index is -0.496. The highest BCUT2D eigenvalue weighted by Crippen LogP contribution is 2.38. The smallest absolute Gasteiger partial charge is 0.236 e. The lowest BCUT2D eigenvalue weighted by atomic mass is 10.1. The van der Waals surface area contributed by atoms with Crippen LogP contribution in [-0.4, -0.2) is 31.7 Å². The minimum Gasteiger partial charge on any atom is -0.486 e. The Kier molecular flexibility index (Phi) is 6.39. The van der Waals surface area contributed by atoms with E-state index < -0.39 is 6.04 Å². The molecule has 1 aromatic rings. The fourth-order valence-corrected chi connectivity index (χ4v) is 2.09. The molecule has 0 radical (unpaired) electrons. The van der Waals surface area contributed by atoms with Crippen molar-refractivity contribution in [1.29, 1.82) is 0 Å². The van der Waals surface area contributed by atoms with Crippen molar-refractivity contribution in [1.82, 2.24) is 5.32 Å². The molecule has 20 heavy (non-hydrogen) atoms. The average molecular weight is 321 g/mol. The van der Waals surface area contributed by atoms with Gasteiger partial charge in [-0.3, -0.25) is 4.79 Å². The Bertz CT molecular complexity index is 481. The van der Waals surface area contributed by atoms with Crippen molar-refractivity contribution in [2.75, 3.05) is 19.8 Å². The molecule has 0 aromatic heterocycles. The lowest BCUT2D eigenvalue weighted by molar-refractivity contribution is -0.121. The third-order valence-electron chi connectivity index (χ3n) is 2.78. The summed E-state index contributed by atoms with van der Waals surface area (Å²) in [7, 11) is 0. The monoisotopic (exact) mass is 320 g/mol. The molecule has 0 fully saturated rings. The van der Waals surface area contributed by atoms with E-state index in [2.05, 4.69) is 5.32 Å². The second-order valence-corrected chi connectivity index (χ2v) is 4.84. The molecule has 1 amide bonds. The predicted octanol–water partition coefficient (Wildman–Crippen LogP) is 1.54. The maximum atomic E-state index is 11.3. The van der Waals surface area contributed by atoms with Gasteiger partial charge < -0.3 is 20.5 Å². The van der Waals surface area contributed by atoms with Gasteiger partial charge in [0.05, 0.1) is 11.1 Å². The highest BCUT2D eigenvalue weighted by molar-refractivity contribution is 6.32. The molecule has 1 aliphatic heterocycles. The number of halogens is 2. The zero-order valence-electron chi connectivity index (χ0n) is 11.1. The van der Waals surface area contributed by atoms with Crippen LogP contribution in [0.3, 0.4) is 0 Å². The van der Waals surface area contributed by atoms with Crippen LogP contribution < -0.4 is 20.5 Å². The van der Waals surface area contributed by atoms with Crippen LogP contribution in [0.1, 0.15) is 12.5 Å². The van der Waals surface area contributed by atoms with Crippen molar-refractivity contribution in [2.45, 2.75) is 19.4 Å². The Morgan fingerprint density at radius 3 is 2.85 bits per heavy atom. The van der Waals surface area contributed by atoms with Gasteiger partial charge in [-0.2, -0.15) is 0 Å². The summed E-state index contributed by atoms with van der Waals surface area (Å²) >= 11 is 6.13. The van der Waals surface area contributed by atoms with E-state index in [1.807, 2.05) is 12.1 Å². The van der Waals surface area contributed by atoms with Crippen molar-refractivity contribution in [3.63, 3.8) is 0 Å². The van der Waals surface area contributed by atoms with Crippen LogP contribution in [-0.2, 0) is 11.2 Å². The lowest BCUT2D eigenvalue weighted by Crippen LogP contribution is -2.39. The molecule has 1 heterocycles. The van der Waals surface area contributed by atoms with Gasteiger partial charge in [-0.25, -0.2) is 0 Å². The Labute approximate surface area is 129 Å². The number of fused-ring (bicyclic) bond motifs is 1. The van der Waals surface area contributed by atoms with Crippen LogP contribution in [0.25, 0.3) is 0 Å². The zero-order chi connectivity index (χ0) is 13.8. The maximum absolute atomic E-state index is 11.3. The van der Waals surface area contributed by atoms with Gasteiger partial charge in [0.1, 0.15) is 13.2 Å². The first-order valence-electron chi connectivity index (χ1n) is 6.19. The molecule has 0 unspecified atom stereocenters. The molecular weight excluding hydrogens is 303 g/mol. The summed E-state index contributed by atoms with van der Waals surface area (Å²) in [5.74, 6) is 1.09. The highest BCUT2D eigenvalue weighted by atomic mass is 35.5. The van der Waals surface area contributed by atoms with E-state index in [4.69, 9.17) is 26.8 Å². The number of hydrogen-bond donors (Lipinski definition) is 2. The van der Waals surface area contributed by atoms with E-state index in [9.17, 15) is 4.79 Å². The minimum absolute atomic E-state index is 0. The SMILES string of the molecule is C[C@@H](N)C(=O)NCCc1cc(Cl)c2c(c1)OCCO2.Cl. The molecule has 0 bridgehead atoms. The van der Waals surface area contributed by atoms with Gasteiger partial charge >= 0.3 is 0 Å². The molecule has 3 N–H and O–H groups in total. The first-order valence-corrected chi connectivity index (χ1v) is 6.57. The second-order valence-electron chi connectivity index (χ2n) is 4.43. The van der Waals surface area contributed by atoms with E-state index in [-0.39, 0.29) is 18.3 Å². The first-order chi connectivity index (χ1) is 9.08. The lowest BCUT2D eigenvalue weighted by Gasteiger charge is -2.20. The fourth-order valence-electron chi connectivity index (χ4n) is 1.80. The summed E-state index contributed by atoms with van der Waals surface area (Å²) in [6.45, 7) is 3.19. The number of hydrogen-bond acceptors (Lipinski definition) is 4. The molecule has 112 valence electrons. The standard InChI is InChI=1S/C13H17ClN2O3.ClH/c1-8(15)13(17)16-3-2-9-6-10(14)12-11(7-9)18-4-5-19-12;/h6-8H,2-5,15H2,1H3,(H,16,17);1H/t8-;/m1./s1. The summed E-state index contributed by atoms with van der Waals surface area (Å²) in [5.41, 5.74) is 6.45. The Morgan fingerprint density at radius 1 is 1.45 bits per heavy atom. The summed E-state index contributed by atoms with van der Waals surface area (Å²) in [4.78, 5) is 11.3. The number of nitrogens with two attached hydrogens (primary N) is 1. The predicted molar refractivity (Wildman–Crippen MR) is 80.1 cm³/mol. The molecule has 0 aliphatic carbocycles. The van der Waals surface area contributed by atoms with Gasteiger partial charge in [0.25, 0.3) is 0 Å². The van der Waals surface area contributed by atoms with Gasteiger partial charge in [0, 0.05) is 6.54 Å². The normalized spacial score (nSPS) is 14.2. The number of ether oxygens (including phenoxy) is 2. The van der Waals surface area contributed by atoms with E-state index >= 15 is 0 Å². The Balaban J connectivity index is 0.00000200. The van der Waals surface area contributed by atoms with Crippen LogP contribution in [0.4, 0.5) is 0 Å². The highest BCUT2D eigenvalue weighted by Gasteiger charge is 2.16. The molecule has 0 spiro atoms. The number of nitrogens with one attached hydrogen (secondary N) is 1. The van der Waals surface area contributed by atoms with E-state index in [0.29, 0.717) is 42.7 Å². The summed E-state index contributed by atoms with van der Waals surface area (Å²) in [5, 5.41) is 3.28. The molecule has 7 heteroatoms. The van der Waals surface area contributed by atoms with Crippen LogP contribution in [0.15, 0.2) is 12.1 Å². The molecular formula is C13H18Cl2N2O3. The molecule has 1 aliphatic rings. The van der Waals surface area contributed by atoms with Crippen molar-refractivity contribution >= 4 is 29.9 Å². The number of amides is 1. The number of benzene rings is 1. The molecule has 1 atom stereocenters. The largest absolute Gasteiger partial charge is 0.486 e. The summed E-state index contributed by atoms with van der Waals surface area (Å²) in [6, 6.07) is 3.22. The van der Waals surface area contributed by atoms with Gasteiger partial charge in [0.2, 0.25) is 5.91 Å². The molecule has 0 saturated heterocycles. The summed E-state index contributed by atoms with van der Waals surface area (Å²) < 4.78 is 10.9. The molecule has 5 nitrogen and oxygen atoms in total. The van der Waals surface area contributed by atoms with E-state index in [0.717, 1.165) is 5.56 Å². The van der Waals surface area contributed by atoms with Crippen molar-refractivity contribution in [2.24, 2.45) is 5.73 Å². The number of carbonyl (C=O) groups excluding carboxylic acids is 1. The topological polar surface area (TPSA) is 73.6 Å². The van der Waals surface area contributed by atoms with E-state index in [1.165, 1.54) is 0 Å². The van der Waals surface area contributed by atoms with Gasteiger partial charge in [0.15, 0.2) is 11.5 Å². The van der Waals surface area contributed by atoms with Crippen LogP contribution in [0.5, 0.6) is 11.5 Å². The molecule has 1 aromatic carbocycles. The third-order valence-corrected chi connectivity index (χ3v) is 3.06. The van der Waals surface area contributed by atoms with E-state index in [1.54, 1.807) is 6.92 Å². The Morgan fingerprint density at radius 2 is 2.15 bits per heavy atom. The van der Waals surface area contributed by atoms with Gasteiger partial charge in [-0.05, 0) is 31.0 Å². The van der Waals surface area contributed by atoms with Gasteiger partial charge in [-0.15, -0.1) is 12.4 Å². The first kappa shape index (κ1) is 16.9. The number of rotatable bonds is 4. The van der Waals surface area contributed by atoms with Crippen molar-refractivity contribution in [3.8, 4) is 11.5 Å². The molecule has 2 rings (SSSR count).